The minimum absolute atomic E-state index is 0.0346. The molecule has 30 heavy (non-hydrogen) atoms. The molecule has 0 radical (unpaired) electrons. The summed E-state index contributed by atoms with van der Waals surface area (Å²) in [5.41, 5.74) is 2.05. The van der Waals surface area contributed by atoms with Gasteiger partial charge in [-0.05, 0) is 44.2 Å². The van der Waals surface area contributed by atoms with Gasteiger partial charge < -0.3 is 20.3 Å². The zero-order valence-electron chi connectivity index (χ0n) is 16.9. The highest BCUT2D eigenvalue weighted by Crippen LogP contribution is 2.44. The number of piperidine rings is 1. The maximum Gasteiger partial charge on any atom is 0.251 e. The Morgan fingerprint density at radius 3 is 2.87 bits per heavy atom. The van der Waals surface area contributed by atoms with E-state index in [0.717, 1.165) is 48.6 Å². The van der Waals surface area contributed by atoms with E-state index in [1.807, 2.05) is 36.4 Å². The number of carbonyl (C=O) groups is 2. The lowest BCUT2D eigenvalue weighted by atomic mass is 9.80. The minimum atomic E-state index is -0.237. The Labute approximate surface area is 180 Å². The topological polar surface area (TPSA) is 70.7 Å². The predicted molar refractivity (Wildman–Crippen MR) is 117 cm³/mol. The number of likely N-dealkylation sites (tertiary alicyclic amines) is 1. The second kappa shape index (κ2) is 7.63. The van der Waals surface area contributed by atoms with Crippen LogP contribution in [0, 0.1) is 0 Å². The number of benzene rings is 2. The Morgan fingerprint density at radius 1 is 1.23 bits per heavy atom. The van der Waals surface area contributed by atoms with E-state index in [9.17, 15) is 9.59 Å². The van der Waals surface area contributed by atoms with Crippen molar-refractivity contribution in [2.24, 2.45) is 0 Å². The van der Waals surface area contributed by atoms with Crippen LogP contribution in [0.2, 0.25) is 0 Å². The van der Waals surface area contributed by atoms with E-state index in [4.69, 9.17) is 4.74 Å². The molecule has 3 aliphatic heterocycles. The zero-order valence-corrected chi connectivity index (χ0v) is 17.8. The van der Waals surface area contributed by atoms with Crippen molar-refractivity contribution in [2.45, 2.75) is 35.8 Å². The first kappa shape index (κ1) is 19.5. The van der Waals surface area contributed by atoms with E-state index in [1.165, 1.54) is 11.8 Å². The van der Waals surface area contributed by atoms with E-state index in [2.05, 4.69) is 22.6 Å². The molecule has 3 heterocycles. The highest BCUT2D eigenvalue weighted by molar-refractivity contribution is 8.00. The molecule has 1 saturated heterocycles. The molecule has 2 amide bonds. The molecule has 0 unspecified atom stereocenters. The first-order chi connectivity index (χ1) is 14.5. The molecule has 1 atom stereocenters. The molecular weight excluding hydrogens is 398 g/mol. The third-order valence-electron chi connectivity index (χ3n) is 6.28. The van der Waals surface area contributed by atoms with Crippen molar-refractivity contribution in [1.29, 1.82) is 0 Å². The number of fused-ring (bicyclic) bond motifs is 2. The molecule has 2 aromatic carbocycles. The number of hydrogen-bond donors (Lipinski definition) is 2. The van der Waals surface area contributed by atoms with Crippen LogP contribution in [0.25, 0.3) is 0 Å². The summed E-state index contributed by atoms with van der Waals surface area (Å²) in [4.78, 5) is 28.2. The van der Waals surface area contributed by atoms with E-state index < -0.39 is 0 Å². The summed E-state index contributed by atoms with van der Waals surface area (Å²) in [5.74, 6) is 1.11. The molecule has 0 aliphatic carbocycles. The van der Waals surface area contributed by atoms with E-state index in [-0.39, 0.29) is 23.5 Å². The first-order valence-corrected chi connectivity index (χ1v) is 11.3. The average Bonchev–Trinajstić information content (AvgIpc) is 2.75. The van der Waals surface area contributed by atoms with E-state index >= 15 is 0 Å². The number of anilines is 1. The summed E-state index contributed by atoms with van der Waals surface area (Å²) in [6.07, 6.45) is 2.67. The molecule has 2 N–H and O–H groups in total. The van der Waals surface area contributed by atoms with Gasteiger partial charge in [0.2, 0.25) is 5.91 Å². The molecule has 5 rings (SSSR count). The fourth-order valence-electron chi connectivity index (χ4n) is 4.55. The molecule has 3 aliphatic rings. The number of thioether (sulfide) groups is 1. The second-order valence-electron chi connectivity index (χ2n) is 8.40. The Kier molecular flexibility index (Phi) is 4.95. The molecule has 0 aromatic heterocycles. The lowest BCUT2D eigenvalue weighted by Gasteiger charge is -2.46. The van der Waals surface area contributed by atoms with Crippen LogP contribution in [-0.4, -0.2) is 48.2 Å². The number of para-hydroxylation sites is 1. The van der Waals surface area contributed by atoms with Gasteiger partial charge in [-0.25, -0.2) is 0 Å². The lowest BCUT2D eigenvalue weighted by Crippen LogP contribution is -2.51. The van der Waals surface area contributed by atoms with Crippen molar-refractivity contribution in [3.05, 3.63) is 53.6 Å². The van der Waals surface area contributed by atoms with Crippen molar-refractivity contribution in [2.75, 3.05) is 31.2 Å². The number of carbonyl (C=O) groups excluding carboxylic acids is 2. The van der Waals surface area contributed by atoms with Crippen LogP contribution in [0.15, 0.2) is 47.4 Å². The maximum absolute atomic E-state index is 13.1. The highest BCUT2D eigenvalue weighted by Gasteiger charge is 2.43. The number of ether oxygens (including phenoxy) is 1. The average molecular weight is 424 g/mol. The van der Waals surface area contributed by atoms with Crippen molar-refractivity contribution in [3.8, 4) is 5.75 Å². The molecule has 1 spiro atoms. The van der Waals surface area contributed by atoms with Crippen molar-refractivity contribution < 1.29 is 14.3 Å². The molecule has 2 aromatic rings. The Balaban J connectivity index is 1.40. The third kappa shape index (κ3) is 3.68. The van der Waals surface area contributed by atoms with Crippen LogP contribution in [0.3, 0.4) is 0 Å². The number of nitrogens with zero attached hydrogens (tertiary/aromatic N) is 1. The number of rotatable bonds is 2. The molecule has 0 saturated carbocycles. The zero-order chi connectivity index (χ0) is 20.7. The Morgan fingerprint density at radius 2 is 2.03 bits per heavy atom. The van der Waals surface area contributed by atoms with E-state index in [0.29, 0.717) is 17.0 Å². The van der Waals surface area contributed by atoms with Crippen LogP contribution in [0.4, 0.5) is 5.69 Å². The molecule has 7 heteroatoms. The number of hydrogen-bond acceptors (Lipinski definition) is 5. The predicted octanol–water partition coefficient (Wildman–Crippen LogP) is 3.45. The summed E-state index contributed by atoms with van der Waals surface area (Å²) in [5, 5.41) is 6.10. The maximum atomic E-state index is 13.1. The molecular formula is C23H25N3O3S. The fraction of sp³-hybridized carbons (Fsp3) is 0.391. The largest absolute Gasteiger partial charge is 0.487 e. The summed E-state index contributed by atoms with van der Waals surface area (Å²) >= 11 is 1.49. The normalized spacial score (nSPS) is 22.4. The van der Waals surface area contributed by atoms with Gasteiger partial charge in [-0.15, -0.1) is 11.8 Å². The van der Waals surface area contributed by atoms with Gasteiger partial charge >= 0.3 is 0 Å². The summed E-state index contributed by atoms with van der Waals surface area (Å²) in [6.45, 7) is 1.98. The van der Waals surface area contributed by atoms with Crippen LogP contribution >= 0.6 is 11.8 Å². The number of amides is 2. The molecule has 0 bridgehead atoms. The highest BCUT2D eigenvalue weighted by atomic mass is 32.2. The van der Waals surface area contributed by atoms with Crippen LogP contribution in [-0.2, 0) is 4.79 Å². The SMILES string of the molecule is CN1CCC2(CC1)C[C@H](NC(=O)c1ccc3c(c1)NC(=O)CS3)c1ccccc1O2. The second-order valence-corrected chi connectivity index (χ2v) is 9.42. The van der Waals surface area contributed by atoms with Gasteiger partial charge in [0.05, 0.1) is 17.5 Å². The smallest absolute Gasteiger partial charge is 0.251 e. The minimum Gasteiger partial charge on any atom is -0.487 e. The molecule has 156 valence electrons. The Hall–Kier alpha value is -2.51. The van der Waals surface area contributed by atoms with Gasteiger partial charge in [0.15, 0.2) is 0 Å². The summed E-state index contributed by atoms with van der Waals surface area (Å²) in [7, 11) is 2.13. The summed E-state index contributed by atoms with van der Waals surface area (Å²) in [6, 6.07) is 13.4. The standard InChI is InChI=1S/C23H25N3O3S/c1-26-10-8-23(9-11-26)13-18(16-4-2-3-5-19(16)29-23)25-22(28)15-6-7-20-17(12-15)24-21(27)14-30-20/h2-7,12,18H,8-11,13-14H2,1H3,(H,24,27)(H,25,28)/t18-/m0/s1. The van der Waals surface area contributed by atoms with Gasteiger partial charge in [-0.3, -0.25) is 9.59 Å². The molecule has 6 nitrogen and oxygen atoms in total. The number of nitrogens with one attached hydrogen (secondary N) is 2. The third-order valence-corrected chi connectivity index (χ3v) is 7.35. The van der Waals surface area contributed by atoms with Crippen LogP contribution in [0.5, 0.6) is 5.75 Å². The first-order valence-electron chi connectivity index (χ1n) is 10.4. The van der Waals surface area contributed by atoms with Crippen LogP contribution in [0.1, 0.15) is 41.2 Å². The summed E-state index contributed by atoms with van der Waals surface area (Å²) < 4.78 is 6.48. The Bertz CT molecular complexity index is 1000. The van der Waals surface area contributed by atoms with Gasteiger partial charge in [0.25, 0.3) is 5.91 Å². The molecule has 1 fully saturated rings. The van der Waals surface area contributed by atoms with Crippen molar-refractivity contribution in [1.82, 2.24) is 10.2 Å². The lowest BCUT2D eigenvalue weighted by molar-refractivity contribution is -0.113. The van der Waals surface area contributed by atoms with Gasteiger partial charge in [0, 0.05) is 35.5 Å². The fourth-order valence-corrected chi connectivity index (χ4v) is 5.33. The van der Waals surface area contributed by atoms with Crippen molar-refractivity contribution >= 4 is 29.3 Å². The monoisotopic (exact) mass is 423 g/mol. The van der Waals surface area contributed by atoms with Gasteiger partial charge in [-0.1, -0.05) is 18.2 Å². The van der Waals surface area contributed by atoms with Crippen molar-refractivity contribution in [3.63, 3.8) is 0 Å². The van der Waals surface area contributed by atoms with Gasteiger partial charge in [-0.2, -0.15) is 0 Å². The van der Waals surface area contributed by atoms with Gasteiger partial charge in [0.1, 0.15) is 11.4 Å². The van der Waals surface area contributed by atoms with Crippen LogP contribution < -0.4 is 15.4 Å². The quantitative estimate of drug-likeness (QED) is 0.774. The van der Waals surface area contributed by atoms with E-state index in [1.54, 1.807) is 6.07 Å².